The van der Waals surface area contributed by atoms with Crippen LogP contribution in [0.25, 0.3) is 0 Å². The molecule has 0 heterocycles. The molecule has 1 unspecified atom stereocenters. The highest BCUT2D eigenvalue weighted by molar-refractivity contribution is 7.46. The largest absolute Gasteiger partial charge is 0.469 e. The minimum atomic E-state index is -4.74. The van der Waals surface area contributed by atoms with Gasteiger partial charge in [-0.2, -0.15) is 0 Å². The van der Waals surface area contributed by atoms with Crippen LogP contribution in [0.15, 0.2) is 0 Å². The van der Waals surface area contributed by atoms with E-state index < -0.39 is 32.5 Å². The third-order valence-corrected chi connectivity index (χ3v) is 9.90. The summed E-state index contributed by atoms with van der Waals surface area (Å²) in [6.45, 7) is 6.02. The maximum Gasteiger partial charge on any atom is 0.469 e. The summed E-state index contributed by atoms with van der Waals surface area (Å²) in [5.74, 6) is -0.0504. The summed E-state index contributed by atoms with van der Waals surface area (Å²) < 4.78 is 26.3. The minimum Gasteiger partial charge on any atom is -0.462 e. The Balaban J connectivity index is 3.87. The van der Waals surface area contributed by atoms with Gasteiger partial charge in [0.25, 0.3) is 0 Å². The maximum absolute atomic E-state index is 12.4. The Bertz CT molecular complexity index is 771. The molecule has 0 aliphatic rings. The Labute approximate surface area is 295 Å². The van der Waals surface area contributed by atoms with Crippen LogP contribution in [0.2, 0.25) is 0 Å². The molecular weight excluding hydrogens is 627 g/mol. The van der Waals surface area contributed by atoms with Gasteiger partial charge in [-0.3, -0.25) is 14.1 Å². The molecule has 0 aromatic rings. The lowest BCUT2D eigenvalue weighted by molar-refractivity contribution is -0.161. The van der Waals surface area contributed by atoms with Gasteiger partial charge in [-0.05, 0) is 18.8 Å². The van der Waals surface area contributed by atoms with Crippen molar-refractivity contribution >= 4 is 19.8 Å². The Morgan fingerprint density at radius 1 is 0.542 bits per heavy atom. The van der Waals surface area contributed by atoms with Crippen molar-refractivity contribution in [3.05, 3.63) is 0 Å². The van der Waals surface area contributed by atoms with Crippen molar-refractivity contribution in [1.29, 1.82) is 0 Å². The van der Waals surface area contributed by atoms with Crippen LogP contribution in [-0.2, 0) is 28.2 Å². The highest BCUT2D eigenvalue weighted by atomic mass is 31.2. The molecule has 0 aliphatic carbocycles. The first-order chi connectivity index (χ1) is 23.2. The zero-order valence-corrected chi connectivity index (χ0v) is 32.5. The number of unbranched alkanes of at least 4 members (excludes halogenated alkanes) is 24. The lowest BCUT2D eigenvalue weighted by atomic mass is 9.99. The van der Waals surface area contributed by atoms with Gasteiger partial charge >= 0.3 is 19.8 Å². The third kappa shape index (κ3) is 36.3. The van der Waals surface area contributed by atoms with E-state index in [0.717, 1.165) is 44.4 Å². The van der Waals surface area contributed by atoms with E-state index in [-0.39, 0.29) is 19.4 Å². The molecule has 0 bridgehead atoms. The summed E-state index contributed by atoms with van der Waals surface area (Å²) in [5, 5.41) is 0. The molecule has 48 heavy (non-hydrogen) atoms. The van der Waals surface area contributed by atoms with Gasteiger partial charge in [0.2, 0.25) is 0 Å². The number of esters is 2. The average molecular weight is 705 g/mol. The summed E-state index contributed by atoms with van der Waals surface area (Å²) in [5.41, 5.74) is 0. The molecular formula is C39H77O8P. The Morgan fingerprint density at radius 3 is 1.31 bits per heavy atom. The van der Waals surface area contributed by atoms with Gasteiger partial charge in [-0.1, -0.05) is 188 Å². The fourth-order valence-corrected chi connectivity index (χ4v) is 6.36. The molecule has 286 valence electrons. The second-order valence-corrected chi connectivity index (χ2v) is 15.5. The highest BCUT2D eigenvalue weighted by Crippen LogP contribution is 2.36. The smallest absolute Gasteiger partial charge is 0.462 e. The van der Waals surface area contributed by atoms with E-state index in [1.165, 1.54) is 135 Å². The molecule has 0 aliphatic heterocycles. The fraction of sp³-hybridized carbons (Fsp3) is 0.949. The van der Waals surface area contributed by atoms with Crippen LogP contribution in [0.4, 0.5) is 0 Å². The van der Waals surface area contributed by atoms with Crippen LogP contribution in [0.3, 0.4) is 0 Å². The summed E-state index contributed by atoms with van der Waals surface area (Å²) in [6.07, 6.45) is 34.0. The first-order valence-electron chi connectivity index (χ1n) is 20.2. The summed E-state index contributed by atoms with van der Waals surface area (Å²) in [6, 6.07) is 0. The van der Waals surface area contributed by atoms with E-state index in [4.69, 9.17) is 19.3 Å². The second-order valence-electron chi connectivity index (χ2n) is 14.2. The van der Waals surface area contributed by atoms with E-state index in [2.05, 4.69) is 25.3 Å². The van der Waals surface area contributed by atoms with Crippen LogP contribution >= 0.6 is 7.82 Å². The predicted molar refractivity (Wildman–Crippen MR) is 198 cm³/mol. The number of phosphoric ester groups is 1. The number of rotatable bonds is 37. The maximum atomic E-state index is 12.4. The molecule has 0 radical (unpaired) electrons. The molecule has 0 aromatic heterocycles. The van der Waals surface area contributed by atoms with Crippen molar-refractivity contribution in [3.63, 3.8) is 0 Å². The number of ether oxygens (including phenoxy) is 2. The topological polar surface area (TPSA) is 119 Å². The van der Waals surface area contributed by atoms with Crippen molar-refractivity contribution in [2.24, 2.45) is 5.92 Å². The molecule has 0 saturated carbocycles. The molecule has 2 N–H and O–H groups in total. The fourth-order valence-electron chi connectivity index (χ4n) is 6.00. The lowest BCUT2D eigenvalue weighted by Gasteiger charge is -2.18. The van der Waals surface area contributed by atoms with E-state index in [1.807, 2.05) is 0 Å². The molecule has 0 rings (SSSR count). The number of hydrogen-bond donors (Lipinski definition) is 2. The number of phosphoric acid groups is 1. The highest BCUT2D eigenvalue weighted by Gasteiger charge is 2.22. The summed E-state index contributed by atoms with van der Waals surface area (Å²) in [4.78, 5) is 42.7. The Morgan fingerprint density at radius 2 is 0.917 bits per heavy atom. The number of hydrogen-bond acceptors (Lipinski definition) is 6. The van der Waals surface area contributed by atoms with Crippen LogP contribution in [0.5, 0.6) is 0 Å². The zero-order chi connectivity index (χ0) is 35.6. The summed E-state index contributed by atoms with van der Waals surface area (Å²) in [7, 11) is -4.74. The van der Waals surface area contributed by atoms with Crippen molar-refractivity contribution in [2.45, 2.75) is 219 Å². The Kier molecular flexibility index (Phi) is 33.8. The average Bonchev–Trinajstić information content (AvgIpc) is 3.05. The van der Waals surface area contributed by atoms with Crippen LogP contribution < -0.4 is 0 Å². The molecule has 2 atom stereocenters. The molecule has 0 fully saturated rings. The quantitative estimate of drug-likeness (QED) is 0.0372. The van der Waals surface area contributed by atoms with E-state index in [9.17, 15) is 14.2 Å². The zero-order valence-electron chi connectivity index (χ0n) is 31.6. The lowest BCUT2D eigenvalue weighted by Crippen LogP contribution is -2.29. The van der Waals surface area contributed by atoms with E-state index >= 15 is 0 Å². The van der Waals surface area contributed by atoms with Gasteiger partial charge in [0.05, 0.1) is 6.61 Å². The van der Waals surface area contributed by atoms with Crippen molar-refractivity contribution < 1.29 is 37.9 Å². The second kappa shape index (κ2) is 34.5. The van der Waals surface area contributed by atoms with Gasteiger partial charge in [0.1, 0.15) is 6.61 Å². The predicted octanol–water partition coefficient (Wildman–Crippen LogP) is 11.9. The van der Waals surface area contributed by atoms with E-state index in [1.54, 1.807) is 0 Å². The molecule has 0 amide bonds. The summed E-state index contributed by atoms with van der Waals surface area (Å²) >= 11 is 0. The van der Waals surface area contributed by atoms with Gasteiger partial charge in [0.15, 0.2) is 6.10 Å². The van der Waals surface area contributed by atoms with Gasteiger partial charge in [0, 0.05) is 12.8 Å². The number of carbonyl (C=O) groups excluding carboxylic acids is 2. The van der Waals surface area contributed by atoms with Gasteiger partial charge in [-0.25, -0.2) is 4.57 Å². The molecule has 0 aromatic carbocycles. The van der Waals surface area contributed by atoms with Crippen molar-refractivity contribution in [2.75, 3.05) is 13.2 Å². The first kappa shape index (κ1) is 47.0. The van der Waals surface area contributed by atoms with Crippen LogP contribution in [-0.4, -0.2) is 41.0 Å². The molecule has 0 saturated heterocycles. The van der Waals surface area contributed by atoms with Crippen LogP contribution in [0.1, 0.15) is 213 Å². The van der Waals surface area contributed by atoms with Crippen molar-refractivity contribution in [1.82, 2.24) is 0 Å². The van der Waals surface area contributed by atoms with Gasteiger partial charge < -0.3 is 19.3 Å². The molecule has 0 spiro atoms. The SMILES string of the molecule is CCCCCCCCCCCCCCCCCCCCC(=O)OC[C@H](COP(=O)(O)O)OC(=O)CCCCCCCCCCC(C)CC. The number of carbonyl (C=O) groups is 2. The van der Waals surface area contributed by atoms with Crippen LogP contribution in [0, 0.1) is 5.92 Å². The molecule has 8 nitrogen and oxygen atoms in total. The van der Waals surface area contributed by atoms with Crippen molar-refractivity contribution in [3.8, 4) is 0 Å². The van der Waals surface area contributed by atoms with E-state index in [0.29, 0.717) is 6.42 Å². The first-order valence-corrected chi connectivity index (χ1v) is 21.8. The normalized spacial score (nSPS) is 13.0. The van der Waals surface area contributed by atoms with Gasteiger partial charge in [-0.15, -0.1) is 0 Å². The minimum absolute atomic E-state index is 0.217. The molecule has 9 heteroatoms. The standard InChI is InChI=1S/C39H77O8P/c1-4-6-7-8-9-10-11-12-13-14-15-16-17-18-19-23-26-29-32-38(40)45-34-37(35-46-48(42,43)44)47-39(41)33-30-27-24-21-20-22-25-28-31-36(3)5-2/h36-37H,4-35H2,1-3H3,(H2,42,43,44)/t36?,37-/m1/s1. The third-order valence-electron chi connectivity index (χ3n) is 9.42. The Hall–Kier alpha value is -0.950. The monoisotopic (exact) mass is 705 g/mol.